The van der Waals surface area contributed by atoms with Crippen LogP contribution in [0.2, 0.25) is 0 Å². The molecule has 3 rings (SSSR count). The van der Waals surface area contributed by atoms with Crippen molar-refractivity contribution in [1.82, 2.24) is 14.8 Å². The molecule has 0 aliphatic rings. The number of hydrogen-bond acceptors (Lipinski definition) is 7. The molecule has 0 radical (unpaired) electrons. The molecule has 8 nitrogen and oxygen atoms in total. The summed E-state index contributed by atoms with van der Waals surface area (Å²) < 4.78 is 13.1. The second-order valence-electron chi connectivity index (χ2n) is 7.75. The third-order valence-corrected chi connectivity index (χ3v) is 5.93. The first-order valence-corrected chi connectivity index (χ1v) is 12.2. The van der Waals surface area contributed by atoms with E-state index in [1.165, 1.54) is 11.8 Å². The average molecular weight is 483 g/mol. The van der Waals surface area contributed by atoms with Crippen LogP contribution in [0.25, 0.3) is 0 Å². The van der Waals surface area contributed by atoms with Crippen molar-refractivity contribution in [3.05, 3.63) is 65.0 Å². The van der Waals surface area contributed by atoms with Crippen molar-refractivity contribution >= 4 is 29.3 Å². The lowest BCUT2D eigenvalue weighted by Crippen LogP contribution is -2.15. The van der Waals surface area contributed by atoms with Gasteiger partial charge in [0.25, 0.3) is 0 Å². The van der Waals surface area contributed by atoms with Crippen molar-refractivity contribution in [3.63, 3.8) is 0 Å². The number of nitrogens with one attached hydrogen (secondary N) is 1. The molecule has 9 heteroatoms. The second-order valence-corrected chi connectivity index (χ2v) is 8.70. The zero-order chi connectivity index (χ0) is 24.5. The lowest BCUT2D eigenvalue weighted by atomic mass is 10.1. The van der Waals surface area contributed by atoms with Gasteiger partial charge in [-0.05, 0) is 62.6 Å². The number of amides is 1. The van der Waals surface area contributed by atoms with E-state index in [0.29, 0.717) is 42.0 Å². The van der Waals surface area contributed by atoms with E-state index in [2.05, 4.69) is 15.5 Å². The highest BCUT2D eigenvalue weighted by Gasteiger charge is 2.15. The van der Waals surface area contributed by atoms with Gasteiger partial charge in [0.1, 0.15) is 12.4 Å². The molecule has 1 heterocycles. The lowest BCUT2D eigenvalue weighted by molar-refractivity contribution is -0.113. The zero-order valence-corrected chi connectivity index (χ0v) is 20.8. The van der Waals surface area contributed by atoms with Crippen LogP contribution >= 0.6 is 11.8 Å². The number of ether oxygens (including phenoxy) is 2. The first kappa shape index (κ1) is 25.3. The van der Waals surface area contributed by atoms with Crippen LogP contribution in [-0.2, 0) is 22.7 Å². The molecule has 0 bridgehead atoms. The molecule has 0 aliphatic carbocycles. The fourth-order valence-corrected chi connectivity index (χ4v) is 4.01. The Kier molecular flexibility index (Phi) is 9.09. The Morgan fingerprint density at radius 2 is 1.91 bits per heavy atom. The largest absolute Gasteiger partial charge is 0.485 e. The standard InChI is InChI=1S/C25H30N4O4S/c1-5-12-32-24(31)19-8-7-9-20(14-19)26-23(30)16-34-25-28-27-22(29(25)6-2)15-33-21-13-17(3)10-11-18(21)4/h7-11,13-14H,5-6,12,15-16H2,1-4H3,(H,26,30). The van der Waals surface area contributed by atoms with Crippen LogP contribution in [0.1, 0.15) is 47.6 Å². The van der Waals surface area contributed by atoms with Crippen molar-refractivity contribution in [2.45, 2.75) is 52.4 Å². The highest BCUT2D eigenvalue weighted by molar-refractivity contribution is 7.99. The number of aryl methyl sites for hydroxylation is 2. The number of rotatable bonds is 11. The topological polar surface area (TPSA) is 95.3 Å². The maximum Gasteiger partial charge on any atom is 0.338 e. The summed E-state index contributed by atoms with van der Waals surface area (Å²) in [5.74, 6) is 1.06. The Morgan fingerprint density at radius 3 is 2.68 bits per heavy atom. The predicted molar refractivity (Wildman–Crippen MR) is 132 cm³/mol. The third-order valence-electron chi connectivity index (χ3n) is 4.96. The van der Waals surface area contributed by atoms with Crippen molar-refractivity contribution in [3.8, 4) is 5.75 Å². The molecule has 0 spiro atoms. The summed E-state index contributed by atoms with van der Waals surface area (Å²) in [5.41, 5.74) is 3.12. The monoisotopic (exact) mass is 482 g/mol. The summed E-state index contributed by atoms with van der Waals surface area (Å²) in [6, 6.07) is 12.8. The van der Waals surface area contributed by atoms with E-state index in [1.54, 1.807) is 24.3 Å². The van der Waals surface area contributed by atoms with Gasteiger partial charge in [0.05, 0.1) is 17.9 Å². The third kappa shape index (κ3) is 6.84. The molecule has 2 aromatic carbocycles. The molecule has 0 saturated heterocycles. The molecule has 3 aromatic rings. The Bertz CT molecular complexity index is 1150. The number of esters is 1. The highest BCUT2D eigenvalue weighted by Crippen LogP contribution is 2.22. The van der Waals surface area contributed by atoms with Gasteiger partial charge >= 0.3 is 5.97 Å². The fraction of sp³-hybridized carbons (Fsp3) is 0.360. The van der Waals surface area contributed by atoms with Crippen LogP contribution in [0.15, 0.2) is 47.6 Å². The van der Waals surface area contributed by atoms with Gasteiger partial charge in [0.2, 0.25) is 5.91 Å². The second kappa shape index (κ2) is 12.2. The van der Waals surface area contributed by atoms with Gasteiger partial charge < -0.3 is 19.4 Å². The van der Waals surface area contributed by atoms with Crippen LogP contribution in [0.5, 0.6) is 5.75 Å². The first-order chi connectivity index (χ1) is 16.4. The Balaban J connectivity index is 1.57. The maximum atomic E-state index is 12.5. The normalized spacial score (nSPS) is 10.7. The minimum absolute atomic E-state index is 0.153. The van der Waals surface area contributed by atoms with E-state index < -0.39 is 5.97 Å². The van der Waals surface area contributed by atoms with Gasteiger partial charge in [-0.25, -0.2) is 4.79 Å². The van der Waals surface area contributed by atoms with Crippen molar-refractivity contribution in [1.29, 1.82) is 0 Å². The number of nitrogens with zero attached hydrogens (tertiary/aromatic N) is 3. The van der Waals surface area contributed by atoms with Crippen LogP contribution in [0, 0.1) is 13.8 Å². The van der Waals surface area contributed by atoms with Crippen molar-refractivity contribution < 1.29 is 19.1 Å². The molecule has 0 fully saturated rings. The van der Waals surface area contributed by atoms with Gasteiger partial charge in [-0.2, -0.15) is 0 Å². The number of hydrogen-bond donors (Lipinski definition) is 1. The van der Waals surface area contributed by atoms with Crippen molar-refractivity contribution in [2.75, 3.05) is 17.7 Å². The van der Waals surface area contributed by atoms with E-state index in [4.69, 9.17) is 9.47 Å². The molecule has 0 unspecified atom stereocenters. The van der Waals surface area contributed by atoms with E-state index in [1.807, 2.05) is 50.5 Å². The number of benzene rings is 2. The van der Waals surface area contributed by atoms with Gasteiger partial charge in [-0.15, -0.1) is 10.2 Å². The van der Waals surface area contributed by atoms with E-state index in [-0.39, 0.29) is 11.7 Å². The number of thioether (sulfide) groups is 1. The summed E-state index contributed by atoms with van der Waals surface area (Å²) in [7, 11) is 0. The quantitative estimate of drug-likeness (QED) is 0.310. The van der Waals surface area contributed by atoms with Crippen LogP contribution in [-0.4, -0.2) is 39.0 Å². The van der Waals surface area contributed by atoms with E-state index >= 15 is 0 Å². The van der Waals surface area contributed by atoms with Gasteiger partial charge in [-0.3, -0.25) is 4.79 Å². The predicted octanol–water partition coefficient (Wildman–Crippen LogP) is 4.79. The summed E-state index contributed by atoms with van der Waals surface area (Å²) in [6.45, 7) is 9.27. The number of carbonyl (C=O) groups excluding carboxylic acids is 2. The van der Waals surface area contributed by atoms with Crippen LogP contribution in [0.3, 0.4) is 0 Å². The molecule has 0 atom stereocenters. The number of aromatic nitrogens is 3. The zero-order valence-electron chi connectivity index (χ0n) is 20.0. The molecule has 0 saturated carbocycles. The van der Waals surface area contributed by atoms with Crippen LogP contribution < -0.4 is 10.1 Å². The Morgan fingerprint density at radius 1 is 1.09 bits per heavy atom. The molecule has 1 aromatic heterocycles. The van der Waals surface area contributed by atoms with Crippen LogP contribution in [0.4, 0.5) is 5.69 Å². The molecular formula is C25H30N4O4S. The summed E-state index contributed by atoms with van der Waals surface area (Å²) in [6.07, 6.45) is 0.751. The lowest BCUT2D eigenvalue weighted by Gasteiger charge is -2.11. The maximum absolute atomic E-state index is 12.5. The number of carbonyl (C=O) groups is 2. The Labute approximate surface area is 204 Å². The molecule has 180 valence electrons. The SMILES string of the molecule is CCCOC(=O)c1cccc(NC(=O)CSc2nnc(COc3cc(C)ccc3C)n2CC)c1. The molecule has 0 aliphatic heterocycles. The average Bonchev–Trinajstić information content (AvgIpc) is 3.23. The van der Waals surface area contributed by atoms with E-state index in [9.17, 15) is 9.59 Å². The van der Waals surface area contributed by atoms with Gasteiger partial charge in [-0.1, -0.05) is 36.9 Å². The minimum atomic E-state index is -0.404. The molecule has 34 heavy (non-hydrogen) atoms. The smallest absolute Gasteiger partial charge is 0.338 e. The summed E-state index contributed by atoms with van der Waals surface area (Å²) in [5, 5.41) is 12.0. The number of anilines is 1. The fourth-order valence-electron chi connectivity index (χ4n) is 3.18. The first-order valence-electron chi connectivity index (χ1n) is 11.2. The van der Waals surface area contributed by atoms with E-state index in [0.717, 1.165) is 23.3 Å². The summed E-state index contributed by atoms with van der Waals surface area (Å²) in [4.78, 5) is 24.5. The molecular weight excluding hydrogens is 452 g/mol. The van der Waals surface area contributed by atoms with Gasteiger partial charge in [0, 0.05) is 12.2 Å². The highest BCUT2D eigenvalue weighted by atomic mass is 32.2. The molecule has 1 N–H and O–H groups in total. The Hall–Kier alpha value is -3.33. The molecule has 1 amide bonds. The van der Waals surface area contributed by atoms with Gasteiger partial charge in [0.15, 0.2) is 11.0 Å². The minimum Gasteiger partial charge on any atom is -0.485 e. The summed E-state index contributed by atoms with van der Waals surface area (Å²) >= 11 is 1.30. The van der Waals surface area contributed by atoms with Crippen molar-refractivity contribution in [2.24, 2.45) is 0 Å².